The number of piperidine rings is 1. The molecule has 0 aromatic heterocycles. The van der Waals surface area contributed by atoms with E-state index < -0.39 is 0 Å². The topological polar surface area (TPSA) is 53.0 Å². The molecule has 0 aliphatic carbocycles. The lowest BCUT2D eigenvalue weighted by molar-refractivity contribution is 0.259. The molecule has 0 aromatic rings. The van der Waals surface area contributed by atoms with Crippen molar-refractivity contribution in [3.05, 3.63) is 0 Å². The minimum absolute atomic E-state index is 0.571. The van der Waals surface area contributed by atoms with Gasteiger partial charge in [0.1, 0.15) is 0 Å². The minimum Gasteiger partial charge on any atom is -0.291 e. The first kappa shape index (κ1) is 8.85. The van der Waals surface area contributed by atoms with Crippen molar-refractivity contribution < 1.29 is 0 Å². The van der Waals surface area contributed by atoms with Crippen LogP contribution in [0.2, 0.25) is 0 Å². The summed E-state index contributed by atoms with van der Waals surface area (Å²) in [5, 5.41) is 14.5. The van der Waals surface area contributed by atoms with Gasteiger partial charge in [0.05, 0.1) is 12.6 Å². The van der Waals surface area contributed by atoms with Gasteiger partial charge in [-0.3, -0.25) is 10.0 Å². The summed E-state index contributed by atoms with van der Waals surface area (Å²) >= 11 is 1.46. The van der Waals surface area contributed by atoms with E-state index in [0.29, 0.717) is 11.8 Å². The van der Waals surface area contributed by atoms with Crippen LogP contribution in [0.15, 0.2) is 0 Å². The Morgan fingerprint density at radius 3 is 2.64 bits per heavy atom. The van der Waals surface area contributed by atoms with E-state index >= 15 is 0 Å². The van der Waals surface area contributed by atoms with Crippen molar-refractivity contribution in [1.82, 2.24) is 4.90 Å². The molecule has 0 amide bonds. The maximum absolute atomic E-state index is 8.42. The second-order valence-electron chi connectivity index (χ2n) is 2.77. The van der Waals surface area contributed by atoms with E-state index in [2.05, 4.69) is 11.0 Å². The van der Waals surface area contributed by atoms with Gasteiger partial charge in [-0.05, 0) is 12.8 Å². The molecule has 62 valence electrons. The van der Waals surface area contributed by atoms with E-state index in [4.69, 9.17) is 10.4 Å². The van der Waals surface area contributed by atoms with Gasteiger partial charge in [-0.15, -0.1) is 0 Å². The van der Waals surface area contributed by atoms with Crippen LogP contribution in [0.5, 0.6) is 0 Å². The van der Waals surface area contributed by atoms with Crippen LogP contribution in [0.25, 0.3) is 0 Å². The summed E-state index contributed by atoms with van der Waals surface area (Å²) in [6.07, 6.45) is 2.26. The zero-order valence-electron chi connectivity index (χ0n) is 6.49. The molecule has 0 radical (unpaired) electrons. The number of nitrogens with two attached hydrogens (primary N) is 1. The molecule has 0 spiro atoms. The third kappa shape index (κ3) is 2.70. The molecule has 0 bridgehead atoms. The quantitative estimate of drug-likeness (QED) is 0.488. The van der Waals surface area contributed by atoms with Gasteiger partial charge in [0, 0.05) is 18.3 Å². The molecule has 1 heterocycles. The van der Waals surface area contributed by atoms with Gasteiger partial charge in [0.15, 0.2) is 0 Å². The first-order valence-electron chi connectivity index (χ1n) is 3.81. The highest BCUT2D eigenvalue weighted by Gasteiger charge is 2.17. The van der Waals surface area contributed by atoms with Crippen molar-refractivity contribution in [2.75, 3.05) is 19.6 Å². The molecule has 1 aliphatic rings. The van der Waals surface area contributed by atoms with Crippen LogP contribution in [0, 0.1) is 11.3 Å². The Hall–Kier alpha value is -0.240. The van der Waals surface area contributed by atoms with Crippen molar-refractivity contribution in [3.8, 4) is 6.07 Å². The molecule has 1 fully saturated rings. The summed E-state index contributed by atoms with van der Waals surface area (Å²) in [4.78, 5) is 2.17. The highest BCUT2D eigenvalue weighted by Crippen LogP contribution is 2.18. The SMILES string of the molecule is N#CCN1CCC(SN)CC1. The first-order chi connectivity index (χ1) is 5.36. The first-order valence-corrected chi connectivity index (χ1v) is 4.76. The second kappa shape index (κ2) is 4.60. The number of hydrogen-bond acceptors (Lipinski definition) is 4. The highest BCUT2D eigenvalue weighted by atomic mass is 32.2. The average molecular weight is 171 g/mol. The van der Waals surface area contributed by atoms with Crippen LogP contribution in [-0.4, -0.2) is 29.8 Å². The van der Waals surface area contributed by atoms with Crippen molar-refractivity contribution >= 4 is 11.9 Å². The van der Waals surface area contributed by atoms with Gasteiger partial charge in [-0.2, -0.15) is 5.26 Å². The summed E-state index contributed by atoms with van der Waals surface area (Å²) in [7, 11) is 0. The van der Waals surface area contributed by atoms with Crippen molar-refractivity contribution in [2.24, 2.45) is 5.14 Å². The smallest absolute Gasteiger partial charge is 0.0866 e. The van der Waals surface area contributed by atoms with Crippen LogP contribution in [-0.2, 0) is 0 Å². The molecule has 0 unspecified atom stereocenters. The van der Waals surface area contributed by atoms with Crippen LogP contribution in [0.1, 0.15) is 12.8 Å². The Kier molecular flexibility index (Phi) is 3.70. The third-order valence-corrected chi connectivity index (χ3v) is 2.88. The molecule has 0 saturated carbocycles. The molecule has 1 aliphatic heterocycles. The van der Waals surface area contributed by atoms with Crippen LogP contribution < -0.4 is 5.14 Å². The maximum Gasteiger partial charge on any atom is 0.0866 e. The molecular formula is C7H13N3S. The standard InChI is InChI=1S/C7H13N3S/c8-3-6-10-4-1-7(11-9)2-5-10/h7H,1-2,4-6,9H2. The lowest BCUT2D eigenvalue weighted by Gasteiger charge is -2.28. The molecule has 2 N–H and O–H groups in total. The Balaban J connectivity index is 2.20. The van der Waals surface area contributed by atoms with E-state index in [9.17, 15) is 0 Å². The highest BCUT2D eigenvalue weighted by molar-refractivity contribution is 7.97. The fraction of sp³-hybridized carbons (Fsp3) is 0.857. The Bertz CT molecular complexity index is 146. The van der Waals surface area contributed by atoms with Crippen LogP contribution in [0.3, 0.4) is 0 Å². The third-order valence-electron chi connectivity index (χ3n) is 2.02. The zero-order valence-corrected chi connectivity index (χ0v) is 7.31. The lowest BCUT2D eigenvalue weighted by atomic mass is 10.1. The van der Waals surface area contributed by atoms with Crippen molar-refractivity contribution in [1.29, 1.82) is 5.26 Å². The number of hydrogen-bond donors (Lipinski definition) is 1. The van der Waals surface area contributed by atoms with E-state index in [0.717, 1.165) is 25.9 Å². The Morgan fingerprint density at radius 1 is 1.55 bits per heavy atom. The zero-order chi connectivity index (χ0) is 8.10. The summed E-state index contributed by atoms with van der Waals surface area (Å²) < 4.78 is 0. The van der Waals surface area contributed by atoms with Gasteiger partial charge in [-0.25, -0.2) is 0 Å². The largest absolute Gasteiger partial charge is 0.291 e. The predicted molar refractivity (Wildman–Crippen MR) is 46.9 cm³/mol. The molecular weight excluding hydrogens is 158 g/mol. The summed E-state index contributed by atoms with van der Waals surface area (Å²) in [5.41, 5.74) is 0. The second-order valence-corrected chi connectivity index (χ2v) is 3.71. The maximum atomic E-state index is 8.42. The lowest BCUT2D eigenvalue weighted by Crippen LogP contribution is -2.35. The monoisotopic (exact) mass is 171 g/mol. The summed E-state index contributed by atoms with van der Waals surface area (Å²) in [6.45, 7) is 2.63. The molecule has 1 rings (SSSR count). The molecule has 4 heteroatoms. The van der Waals surface area contributed by atoms with Gasteiger partial charge >= 0.3 is 0 Å². The molecule has 3 nitrogen and oxygen atoms in total. The number of nitriles is 1. The van der Waals surface area contributed by atoms with Gasteiger partial charge in [-0.1, -0.05) is 11.9 Å². The fourth-order valence-corrected chi connectivity index (χ4v) is 1.79. The van der Waals surface area contributed by atoms with Crippen molar-refractivity contribution in [2.45, 2.75) is 18.1 Å². The van der Waals surface area contributed by atoms with Gasteiger partial charge in [0.25, 0.3) is 0 Å². The summed E-state index contributed by atoms with van der Waals surface area (Å²) in [6, 6.07) is 2.16. The van der Waals surface area contributed by atoms with E-state index in [-0.39, 0.29) is 0 Å². The minimum atomic E-state index is 0.571. The molecule has 0 atom stereocenters. The summed E-state index contributed by atoms with van der Waals surface area (Å²) in [5.74, 6) is 0. The molecule has 1 saturated heterocycles. The van der Waals surface area contributed by atoms with E-state index in [1.807, 2.05) is 0 Å². The number of nitrogens with zero attached hydrogens (tertiary/aromatic N) is 2. The Morgan fingerprint density at radius 2 is 2.18 bits per heavy atom. The molecule has 0 aromatic carbocycles. The fourth-order valence-electron chi connectivity index (χ4n) is 1.30. The molecule has 11 heavy (non-hydrogen) atoms. The predicted octanol–water partition coefficient (Wildman–Crippen LogP) is 0.581. The van der Waals surface area contributed by atoms with Gasteiger partial charge < -0.3 is 0 Å². The van der Waals surface area contributed by atoms with Crippen LogP contribution >= 0.6 is 11.9 Å². The van der Waals surface area contributed by atoms with Crippen molar-refractivity contribution in [3.63, 3.8) is 0 Å². The van der Waals surface area contributed by atoms with Crippen LogP contribution in [0.4, 0.5) is 0 Å². The number of likely N-dealkylation sites (tertiary alicyclic amines) is 1. The van der Waals surface area contributed by atoms with E-state index in [1.165, 1.54) is 11.9 Å². The van der Waals surface area contributed by atoms with E-state index in [1.54, 1.807) is 0 Å². The Labute approximate surface area is 71.7 Å². The van der Waals surface area contributed by atoms with Gasteiger partial charge in [0.2, 0.25) is 0 Å². The normalized spacial score (nSPS) is 21.5. The average Bonchev–Trinajstić information content (AvgIpc) is 2.07. The number of rotatable bonds is 2.